The van der Waals surface area contributed by atoms with Gasteiger partial charge in [-0.3, -0.25) is 5.26 Å². The smallest absolute Gasteiger partial charge is 0.338 e. The van der Waals surface area contributed by atoms with Crippen molar-refractivity contribution in [3.05, 3.63) is 115 Å². The Morgan fingerprint density at radius 3 is 1.78 bits per heavy atom. The Kier molecular flexibility index (Phi) is 8.88. The molecule has 1 N–H and O–H groups in total. The van der Waals surface area contributed by atoms with Gasteiger partial charge in [-0.15, -0.1) is 0 Å². The number of rotatable bonds is 10. The number of carbonyl (C=O) groups excluding carboxylic acids is 3. The molecule has 8 nitrogen and oxygen atoms in total. The van der Waals surface area contributed by atoms with E-state index in [4.69, 9.17) is 19.1 Å². The number of ether oxygens (including phenoxy) is 3. The van der Waals surface area contributed by atoms with Gasteiger partial charge in [0.1, 0.15) is 11.9 Å². The first-order valence-corrected chi connectivity index (χ1v) is 11.0. The molecule has 1 atom stereocenters. The molecule has 1 unspecified atom stereocenters. The number of carbonyl (C=O) groups is 3. The summed E-state index contributed by atoms with van der Waals surface area (Å²) in [5.41, 5.74) is 3.05. The molecular weight excluding hydrogens is 476 g/mol. The van der Waals surface area contributed by atoms with Crippen molar-refractivity contribution >= 4 is 17.9 Å². The second-order valence-corrected chi connectivity index (χ2v) is 7.76. The largest absolute Gasteiger partial charge is 0.423 e. The molecule has 0 aromatic heterocycles. The predicted octanol–water partition coefficient (Wildman–Crippen LogP) is 5.60. The Balaban J connectivity index is 1.85. The highest BCUT2D eigenvalue weighted by atomic mass is 17.1. The van der Waals surface area contributed by atoms with Crippen LogP contribution in [0.4, 0.5) is 0 Å². The molecule has 0 amide bonds. The van der Waals surface area contributed by atoms with Gasteiger partial charge >= 0.3 is 17.9 Å². The van der Waals surface area contributed by atoms with Gasteiger partial charge in [0.05, 0.1) is 0 Å². The van der Waals surface area contributed by atoms with Crippen molar-refractivity contribution in [3.63, 3.8) is 0 Å². The third-order valence-electron chi connectivity index (χ3n) is 5.09. The molecule has 0 aliphatic carbocycles. The first-order chi connectivity index (χ1) is 17.7. The van der Waals surface area contributed by atoms with Gasteiger partial charge in [-0.25, -0.2) is 19.3 Å². The molecule has 0 fully saturated rings. The normalized spacial score (nSPS) is 11.1. The lowest BCUT2D eigenvalue weighted by molar-refractivity contribution is -0.270. The van der Waals surface area contributed by atoms with Crippen LogP contribution in [0.3, 0.4) is 0 Å². The van der Waals surface area contributed by atoms with Gasteiger partial charge < -0.3 is 14.2 Å². The van der Waals surface area contributed by atoms with E-state index in [1.54, 1.807) is 49.4 Å². The predicted molar refractivity (Wildman–Crippen MR) is 136 cm³/mol. The molecular formula is C29H24O8. The van der Waals surface area contributed by atoms with E-state index in [9.17, 15) is 19.6 Å². The Bertz CT molecular complexity index is 1340. The number of esters is 3. The van der Waals surface area contributed by atoms with Gasteiger partial charge in [-0.2, -0.15) is 0 Å². The second kappa shape index (κ2) is 12.3. The molecule has 3 aromatic rings. The Hall–Kier alpha value is -4.79. The van der Waals surface area contributed by atoms with Crippen LogP contribution in [0, 0.1) is 0 Å². The van der Waals surface area contributed by atoms with E-state index in [-0.39, 0.29) is 11.5 Å². The standard InChI is InChI=1S/C29H24O8/c1-5-26(30)35-24-16-13-22(17-25(24)36-27(31)6-2)28(37-33)21-9-7-19(8-10-21)20-11-14-23(15-12-20)34-29(32)18(3)4/h5-17,28,33H,1-3H2,4H3. The molecule has 0 bridgehead atoms. The lowest BCUT2D eigenvalue weighted by Crippen LogP contribution is -2.10. The molecule has 3 rings (SSSR count). The van der Waals surface area contributed by atoms with Crippen LogP contribution in [0.5, 0.6) is 17.2 Å². The lowest BCUT2D eigenvalue weighted by atomic mass is 9.98. The number of hydrogen-bond acceptors (Lipinski definition) is 8. The highest BCUT2D eigenvalue weighted by Gasteiger charge is 2.20. The van der Waals surface area contributed by atoms with Crippen molar-refractivity contribution < 1.29 is 38.7 Å². The van der Waals surface area contributed by atoms with Crippen molar-refractivity contribution in [2.75, 3.05) is 0 Å². The van der Waals surface area contributed by atoms with Gasteiger partial charge in [0.2, 0.25) is 0 Å². The molecule has 0 spiro atoms. The fourth-order valence-corrected chi connectivity index (χ4v) is 3.23. The van der Waals surface area contributed by atoms with E-state index in [2.05, 4.69) is 19.7 Å². The van der Waals surface area contributed by atoms with Crippen LogP contribution in [-0.4, -0.2) is 23.2 Å². The van der Waals surface area contributed by atoms with Crippen LogP contribution in [-0.2, 0) is 19.3 Å². The van der Waals surface area contributed by atoms with Crippen molar-refractivity contribution in [1.82, 2.24) is 0 Å². The van der Waals surface area contributed by atoms with Crippen LogP contribution >= 0.6 is 0 Å². The quantitative estimate of drug-likeness (QED) is 0.126. The maximum absolute atomic E-state index is 11.8. The number of hydrogen-bond donors (Lipinski definition) is 1. The molecule has 0 aliphatic heterocycles. The highest BCUT2D eigenvalue weighted by Crippen LogP contribution is 2.35. The van der Waals surface area contributed by atoms with Crippen LogP contribution in [0.15, 0.2) is 104 Å². The van der Waals surface area contributed by atoms with E-state index in [0.29, 0.717) is 22.4 Å². The van der Waals surface area contributed by atoms with Crippen LogP contribution in [0.25, 0.3) is 11.1 Å². The summed E-state index contributed by atoms with van der Waals surface area (Å²) in [5, 5.41) is 9.66. The van der Waals surface area contributed by atoms with Gasteiger partial charge in [0.25, 0.3) is 0 Å². The molecule has 3 aromatic carbocycles. The molecule has 188 valence electrons. The summed E-state index contributed by atoms with van der Waals surface area (Å²) in [6, 6.07) is 18.5. The zero-order valence-electron chi connectivity index (χ0n) is 20.0. The van der Waals surface area contributed by atoms with Gasteiger partial charge in [-0.1, -0.05) is 62.2 Å². The summed E-state index contributed by atoms with van der Waals surface area (Å²) in [7, 11) is 0. The summed E-state index contributed by atoms with van der Waals surface area (Å²) in [5.74, 6) is -1.69. The van der Waals surface area contributed by atoms with Gasteiger partial charge in [0, 0.05) is 17.7 Å². The molecule has 0 saturated heterocycles. The van der Waals surface area contributed by atoms with Crippen LogP contribution in [0.2, 0.25) is 0 Å². The maximum Gasteiger partial charge on any atom is 0.338 e. The molecule has 0 saturated carbocycles. The fraction of sp³-hybridized carbons (Fsp3) is 0.0690. The second-order valence-electron chi connectivity index (χ2n) is 7.76. The van der Waals surface area contributed by atoms with Gasteiger partial charge in [-0.05, 0) is 53.4 Å². The summed E-state index contributed by atoms with van der Waals surface area (Å²) in [4.78, 5) is 39.8. The van der Waals surface area contributed by atoms with E-state index in [1.165, 1.54) is 12.1 Å². The first-order valence-electron chi connectivity index (χ1n) is 11.0. The summed E-state index contributed by atoms with van der Waals surface area (Å²) < 4.78 is 15.5. The Labute approximate surface area is 213 Å². The van der Waals surface area contributed by atoms with Crippen LogP contribution < -0.4 is 14.2 Å². The summed E-state index contributed by atoms with van der Waals surface area (Å²) >= 11 is 0. The Morgan fingerprint density at radius 2 is 1.27 bits per heavy atom. The average molecular weight is 501 g/mol. The van der Waals surface area contributed by atoms with E-state index < -0.39 is 24.0 Å². The van der Waals surface area contributed by atoms with E-state index in [0.717, 1.165) is 23.3 Å². The molecule has 0 aliphatic rings. The Morgan fingerprint density at radius 1 is 0.757 bits per heavy atom. The maximum atomic E-state index is 11.8. The minimum absolute atomic E-state index is 0.0201. The van der Waals surface area contributed by atoms with E-state index in [1.807, 2.05) is 12.1 Å². The van der Waals surface area contributed by atoms with Crippen molar-refractivity contribution in [1.29, 1.82) is 0 Å². The third-order valence-corrected chi connectivity index (χ3v) is 5.09. The van der Waals surface area contributed by atoms with Gasteiger partial charge in [0.15, 0.2) is 11.5 Å². The SMILES string of the molecule is C=CC(=O)Oc1ccc(C(OO)c2ccc(-c3ccc(OC(=O)C(=C)C)cc3)cc2)cc1OC(=O)C=C. The highest BCUT2D eigenvalue weighted by molar-refractivity contribution is 5.89. The zero-order valence-corrected chi connectivity index (χ0v) is 20.0. The topological polar surface area (TPSA) is 108 Å². The summed E-state index contributed by atoms with van der Waals surface area (Å²) in [6.07, 6.45) is 0.987. The minimum Gasteiger partial charge on any atom is -0.423 e. The fourth-order valence-electron chi connectivity index (χ4n) is 3.23. The molecule has 0 heterocycles. The monoisotopic (exact) mass is 500 g/mol. The van der Waals surface area contributed by atoms with Crippen molar-refractivity contribution in [2.24, 2.45) is 0 Å². The van der Waals surface area contributed by atoms with Crippen molar-refractivity contribution in [3.8, 4) is 28.4 Å². The minimum atomic E-state index is -0.941. The third kappa shape index (κ3) is 6.88. The molecule has 0 radical (unpaired) electrons. The summed E-state index contributed by atoms with van der Waals surface area (Å²) in [6.45, 7) is 11.8. The number of benzene rings is 3. The van der Waals surface area contributed by atoms with E-state index >= 15 is 0 Å². The van der Waals surface area contributed by atoms with Crippen LogP contribution in [0.1, 0.15) is 24.2 Å². The van der Waals surface area contributed by atoms with Crippen molar-refractivity contribution in [2.45, 2.75) is 13.0 Å². The average Bonchev–Trinajstić information content (AvgIpc) is 2.91. The lowest BCUT2D eigenvalue weighted by Gasteiger charge is -2.17. The molecule has 37 heavy (non-hydrogen) atoms. The first kappa shape index (κ1) is 26.8. The molecule has 8 heteroatoms. The zero-order chi connectivity index (χ0) is 26.9.